The quantitative estimate of drug-likeness (QED) is 0.111. The lowest BCUT2D eigenvalue weighted by Gasteiger charge is -2.30. The van der Waals surface area contributed by atoms with E-state index in [1.165, 1.54) is 0 Å². The summed E-state index contributed by atoms with van der Waals surface area (Å²) in [5, 5.41) is 7.17. The fourth-order valence-corrected chi connectivity index (χ4v) is 10.6. The van der Waals surface area contributed by atoms with E-state index in [2.05, 4.69) is 101 Å². The van der Waals surface area contributed by atoms with Crippen LogP contribution in [0.3, 0.4) is 0 Å². The number of unbranched alkanes of at least 4 members (excludes halogenated alkanes) is 2. The smallest absolute Gasteiger partial charge is 0.0963 e. The topological polar surface area (TPSA) is 61.7 Å². The molecule has 4 heterocycles. The molecule has 0 atom stereocenters. The summed E-state index contributed by atoms with van der Waals surface area (Å²) in [4.78, 5) is 11.1. The first kappa shape index (κ1) is 43.2. The summed E-state index contributed by atoms with van der Waals surface area (Å²) in [5.74, 6) is 0. The number of benzene rings is 6. The second kappa shape index (κ2) is 18.3. The van der Waals surface area contributed by atoms with E-state index < -0.39 is 5.54 Å². The highest BCUT2D eigenvalue weighted by molar-refractivity contribution is 6.34. The maximum atomic E-state index is 7.83. The van der Waals surface area contributed by atoms with Crippen molar-refractivity contribution in [3.8, 4) is 22.5 Å². The van der Waals surface area contributed by atoms with Crippen LogP contribution < -0.4 is 5.73 Å². The summed E-state index contributed by atoms with van der Waals surface area (Å²) >= 11 is 27.2. The Morgan fingerprint density at radius 2 is 0.938 bits per heavy atom. The Labute approximate surface area is 399 Å². The minimum Gasteiger partial charge on any atom is -0.334 e. The van der Waals surface area contributed by atoms with Crippen LogP contribution in [-0.4, -0.2) is 24.6 Å². The lowest BCUT2D eigenvalue weighted by Crippen LogP contribution is -2.45. The molecule has 0 aliphatic rings. The second-order valence-corrected chi connectivity index (χ2v) is 19.0. The molecule has 9 heteroatoms. The van der Waals surface area contributed by atoms with Crippen LogP contribution in [0.2, 0.25) is 20.1 Å². The average Bonchev–Trinajstić information content (AvgIpc) is 3.78. The van der Waals surface area contributed by atoms with Crippen molar-refractivity contribution in [2.75, 3.05) is 0 Å². The van der Waals surface area contributed by atoms with Gasteiger partial charge < -0.3 is 14.9 Å². The van der Waals surface area contributed by atoms with E-state index in [0.29, 0.717) is 46.0 Å². The number of pyridine rings is 2. The fourth-order valence-electron chi connectivity index (χ4n) is 9.77. The number of fused-ring (bicyclic) bond motifs is 6. The van der Waals surface area contributed by atoms with Crippen molar-refractivity contribution in [2.45, 2.75) is 64.1 Å². The van der Waals surface area contributed by atoms with Crippen molar-refractivity contribution in [1.82, 2.24) is 19.1 Å². The highest BCUT2D eigenvalue weighted by Gasteiger charge is 2.30. The van der Waals surface area contributed by atoms with Gasteiger partial charge in [0.2, 0.25) is 0 Å². The summed E-state index contributed by atoms with van der Waals surface area (Å²) in [6.45, 7) is 3.45. The van der Waals surface area contributed by atoms with Crippen LogP contribution in [0, 0.1) is 0 Å². The Morgan fingerprint density at radius 3 is 1.38 bits per heavy atom. The number of hydrogen-bond acceptors (Lipinski definition) is 3. The Morgan fingerprint density at radius 1 is 0.492 bits per heavy atom. The molecule has 0 aliphatic carbocycles. The van der Waals surface area contributed by atoms with Gasteiger partial charge in [-0.3, -0.25) is 9.97 Å². The van der Waals surface area contributed by atoms with E-state index in [9.17, 15) is 0 Å². The number of halogens is 4. The van der Waals surface area contributed by atoms with Gasteiger partial charge in [-0.15, -0.1) is 0 Å². The third-order valence-corrected chi connectivity index (χ3v) is 13.8. The zero-order chi connectivity index (χ0) is 44.7. The molecule has 2 N–H and O–H groups in total. The van der Waals surface area contributed by atoms with Crippen LogP contribution >= 0.6 is 46.4 Å². The molecule has 10 aromatic rings. The van der Waals surface area contributed by atoms with E-state index in [-0.39, 0.29) is 0 Å². The molecule has 6 aromatic carbocycles. The van der Waals surface area contributed by atoms with Crippen molar-refractivity contribution in [3.05, 3.63) is 200 Å². The van der Waals surface area contributed by atoms with Crippen LogP contribution in [-0.2, 0) is 25.9 Å². The van der Waals surface area contributed by atoms with Gasteiger partial charge >= 0.3 is 0 Å². The number of rotatable bonds is 14. The molecule has 0 radical (unpaired) electrons. The minimum atomic E-state index is -0.704. The van der Waals surface area contributed by atoms with Gasteiger partial charge in [-0.25, -0.2) is 0 Å². The molecule has 65 heavy (non-hydrogen) atoms. The van der Waals surface area contributed by atoms with Crippen LogP contribution in [0.15, 0.2) is 158 Å². The number of para-hydroxylation sites is 2. The van der Waals surface area contributed by atoms with Crippen LogP contribution in [0.4, 0.5) is 0 Å². The summed E-state index contributed by atoms with van der Waals surface area (Å²) in [5.41, 5.74) is 18.8. The molecule has 0 saturated carbocycles. The van der Waals surface area contributed by atoms with Crippen molar-refractivity contribution in [1.29, 1.82) is 0 Å². The molecule has 0 spiro atoms. The van der Waals surface area contributed by atoms with Crippen molar-refractivity contribution in [2.24, 2.45) is 5.73 Å². The van der Waals surface area contributed by atoms with Crippen molar-refractivity contribution >= 4 is 90.0 Å². The maximum Gasteiger partial charge on any atom is 0.0963 e. The van der Waals surface area contributed by atoms with E-state index in [1.807, 2.05) is 72.8 Å². The van der Waals surface area contributed by atoms with Crippen molar-refractivity contribution < 1.29 is 0 Å². The zero-order valence-corrected chi connectivity index (χ0v) is 39.1. The first-order chi connectivity index (χ1) is 31.7. The highest BCUT2D eigenvalue weighted by atomic mass is 35.5. The molecule has 0 fully saturated rings. The molecule has 0 aliphatic heterocycles. The van der Waals surface area contributed by atoms with Gasteiger partial charge in [-0.05, 0) is 78.2 Å². The van der Waals surface area contributed by atoms with E-state index in [1.54, 1.807) is 0 Å². The minimum absolute atomic E-state index is 0.523. The molecule has 10 rings (SSSR count). The molecular weight excluding hydrogens is 884 g/mol. The Kier molecular flexibility index (Phi) is 12.2. The lowest BCUT2D eigenvalue weighted by molar-refractivity contribution is 0.365. The molecule has 0 bridgehead atoms. The first-order valence-corrected chi connectivity index (χ1v) is 23.8. The molecule has 0 saturated heterocycles. The van der Waals surface area contributed by atoms with E-state index >= 15 is 0 Å². The Bertz CT molecular complexity index is 3170. The summed E-state index contributed by atoms with van der Waals surface area (Å²) in [6, 6.07) is 53.7. The van der Waals surface area contributed by atoms with Crippen LogP contribution in [0.5, 0.6) is 0 Å². The molecule has 5 nitrogen and oxygen atoms in total. The number of aromatic nitrogens is 4. The summed E-state index contributed by atoms with van der Waals surface area (Å²) in [7, 11) is 0. The highest BCUT2D eigenvalue weighted by Crippen LogP contribution is 2.42. The second-order valence-electron chi connectivity index (χ2n) is 17.3. The van der Waals surface area contributed by atoms with Gasteiger partial charge in [-0.2, -0.15) is 0 Å². The zero-order valence-electron chi connectivity index (χ0n) is 36.0. The largest absolute Gasteiger partial charge is 0.334 e. The third kappa shape index (κ3) is 8.65. The first-order valence-electron chi connectivity index (χ1n) is 22.3. The third-order valence-electron chi connectivity index (χ3n) is 12.7. The standard InChI is InChI=1S/C56H47Cl4N5/c1-2-3-12-27-56(61,32-40-30-46-42-19-6-10-25-50(42)64(34-36-15-13-17-38(57)28-36)54(46)52(62-40)44-21-4-8-23-48(44)59)33-41-31-47-43-20-7-11-26-51(43)65(35-37-16-14-18-39(58)29-37)55(47)53(63-41)45-22-5-9-24-49(45)60/h4-11,13-26,28-31H,2-3,12,27,32-35,61H2,1H3. The average molecular weight is 932 g/mol. The van der Waals surface area contributed by atoms with Gasteiger partial charge in [-0.1, -0.05) is 170 Å². The lowest BCUT2D eigenvalue weighted by atomic mass is 9.83. The van der Waals surface area contributed by atoms with E-state index in [0.717, 1.165) is 114 Å². The number of hydrogen-bond donors (Lipinski definition) is 1. The van der Waals surface area contributed by atoms with Crippen molar-refractivity contribution in [3.63, 3.8) is 0 Å². The number of nitrogens with zero attached hydrogens (tertiary/aromatic N) is 4. The summed E-state index contributed by atoms with van der Waals surface area (Å²) in [6.07, 6.45) is 4.96. The molecule has 0 unspecified atom stereocenters. The molecular formula is C56H47Cl4N5. The molecule has 0 amide bonds. The van der Waals surface area contributed by atoms with Gasteiger partial charge in [0.05, 0.1) is 32.5 Å². The van der Waals surface area contributed by atoms with Crippen LogP contribution in [0.1, 0.15) is 55.1 Å². The SMILES string of the molecule is CCCCCC(N)(Cc1cc2c3ccccc3n(Cc3cccc(Cl)c3)c2c(-c2ccccc2Cl)n1)Cc1cc2c3ccccc3n(Cc3cccc(Cl)c3)c2c(-c2ccccc2Cl)n1. The molecule has 324 valence electrons. The molecule has 4 aromatic heterocycles. The predicted molar refractivity (Wildman–Crippen MR) is 275 cm³/mol. The van der Waals surface area contributed by atoms with Gasteiger partial charge in [0.1, 0.15) is 0 Å². The number of nitrogens with two attached hydrogens (primary N) is 1. The predicted octanol–water partition coefficient (Wildman–Crippen LogP) is 15.8. The van der Waals surface area contributed by atoms with E-state index in [4.69, 9.17) is 62.1 Å². The summed E-state index contributed by atoms with van der Waals surface area (Å²) < 4.78 is 4.70. The van der Waals surface area contributed by atoms with Gasteiger partial charge in [0, 0.05) is 96.6 Å². The Balaban J connectivity index is 1.14. The normalized spacial score (nSPS) is 12.0. The maximum absolute atomic E-state index is 7.83. The monoisotopic (exact) mass is 929 g/mol. The van der Waals surface area contributed by atoms with Gasteiger partial charge in [0.25, 0.3) is 0 Å². The Hall–Kier alpha value is -5.66. The van der Waals surface area contributed by atoms with Gasteiger partial charge in [0.15, 0.2) is 0 Å². The fraction of sp³-hybridized carbons (Fsp3) is 0.179. The van der Waals surface area contributed by atoms with Crippen LogP contribution in [0.25, 0.3) is 66.1 Å².